The normalized spacial score (nSPS) is 13.9. The fourth-order valence-corrected chi connectivity index (χ4v) is 4.69. The van der Waals surface area contributed by atoms with Gasteiger partial charge in [0.15, 0.2) is 0 Å². The number of para-hydroxylation sites is 1. The first-order valence-electron chi connectivity index (χ1n) is 13.5. The SMILES string of the molecule is NCCCCCc1ccc2c(c1)C(=O)N(C(CC(=O)O)c1ccccc1)CC(=O)N2c1ccccc1.O=C(O)C(F)(F)F. The van der Waals surface area contributed by atoms with Crippen molar-refractivity contribution in [3.8, 4) is 0 Å². The van der Waals surface area contributed by atoms with Gasteiger partial charge in [-0.2, -0.15) is 13.2 Å². The van der Waals surface area contributed by atoms with Crippen molar-refractivity contribution in [2.45, 2.75) is 44.3 Å². The summed E-state index contributed by atoms with van der Waals surface area (Å²) in [6.07, 6.45) is -1.71. The smallest absolute Gasteiger partial charge is 0.481 e. The molecule has 0 fully saturated rings. The lowest BCUT2D eigenvalue weighted by Crippen LogP contribution is -2.40. The Morgan fingerprint density at radius 2 is 1.49 bits per heavy atom. The molecule has 0 radical (unpaired) electrons. The Hall–Kier alpha value is -4.71. The maximum atomic E-state index is 14.0. The minimum atomic E-state index is -5.08. The Balaban J connectivity index is 0.000000646. The summed E-state index contributed by atoms with van der Waals surface area (Å²) in [5.41, 5.74) is 8.84. The van der Waals surface area contributed by atoms with Crippen LogP contribution in [-0.2, 0) is 20.8 Å². The summed E-state index contributed by atoms with van der Waals surface area (Å²) in [7, 11) is 0. The molecule has 12 heteroatoms. The van der Waals surface area contributed by atoms with Crippen LogP contribution in [0.2, 0.25) is 0 Å². The molecule has 43 heavy (non-hydrogen) atoms. The number of halogens is 3. The number of carboxylic acid groups (broad SMARTS) is 2. The van der Waals surface area contributed by atoms with Gasteiger partial charge in [-0.25, -0.2) is 4.79 Å². The molecule has 1 atom stereocenters. The van der Waals surface area contributed by atoms with Crippen molar-refractivity contribution >= 4 is 35.1 Å². The summed E-state index contributed by atoms with van der Waals surface area (Å²) in [5, 5.41) is 16.8. The molecule has 3 aromatic rings. The first-order chi connectivity index (χ1) is 20.4. The standard InChI is InChI=1S/C29H31N3O4.C2HF3O2/c30-17-9-3-4-10-21-15-16-25-24(18-21)29(36)31(20-27(33)32(25)23-13-7-2-8-14-23)26(19-28(34)35)22-11-5-1-6-12-22;3-2(4,5)1(6)7/h1-2,5-8,11-16,18,26H,3-4,9-10,17,19-20,30H2,(H,34,35);(H,6,7). The third-order valence-corrected chi connectivity index (χ3v) is 6.70. The minimum absolute atomic E-state index is 0.235. The number of nitrogens with zero attached hydrogens (tertiary/aromatic N) is 2. The maximum Gasteiger partial charge on any atom is 0.490 e. The van der Waals surface area contributed by atoms with Crippen LogP contribution in [0.15, 0.2) is 78.9 Å². The van der Waals surface area contributed by atoms with E-state index in [1.165, 1.54) is 4.90 Å². The molecular weight excluding hydrogens is 567 g/mol. The Morgan fingerprint density at radius 3 is 2.05 bits per heavy atom. The van der Waals surface area contributed by atoms with Crippen LogP contribution in [0, 0.1) is 0 Å². The maximum absolute atomic E-state index is 14.0. The van der Waals surface area contributed by atoms with Gasteiger partial charge in [-0.15, -0.1) is 0 Å². The summed E-state index contributed by atoms with van der Waals surface area (Å²) in [5.74, 6) is -4.44. The first-order valence-corrected chi connectivity index (χ1v) is 13.5. The molecular formula is C31H32F3N3O6. The summed E-state index contributed by atoms with van der Waals surface area (Å²) >= 11 is 0. The molecule has 1 aliphatic heterocycles. The van der Waals surface area contributed by atoms with Gasteiger partial charge in [0.1, 0.15) is 6.54 Å². The monoisotopic (exact) mass is 599 g/mol. The summed E-state index contributed by atoms with van der Waals surface area (Å²) in [4.78, 5) is 51.4. The largest absolute Gasteiger partial charge is 0.490 e. The van der Waals surface area contributed by atoms with Crippen LogP contribution in [0.3, 0.4) is 0 Å². The molecule has 4 N–H and O–H groups in total. The van der Waals surface area contributed by atoms with Crippen molar-refractivity contribution in [3.05, 3.63) is 95.6 Å². The van der Waals surface area contributed by atoms with E-state index >= 15 is 0 Å². The molecule has 0 spiro atoms. The Morgan fingerprint density at radius 1 is 0.884 bits per heavy atom. The highest BCUT2D eigenvalue weighted by atomic mass is 19.4. The van der Waals surface area contributed by atoms with Crippen molar-refractivity contribution < 1.29 is 42.6 Å². The number of carbonyl (C=O) groups is 4. The van der Waals surface area contributed by atoms with E-state index in [1.54, 1.807) is 29.2 Å². The van der Waals surface area contributed by atoms with Crippen LogP contribution >= 0.6 is 0 Å². The van der Waals surface area contributed by atoms with Gasteiger partial charge >= 0.3 is 18.1 Å². The summed E-state index contributed by atoms with van der Waals surface area (Å²) in [6.45, 7) is 0.414. The van der Waals surface area contributed by atoms with E-state index in [9.17, 15) is 32.7 Å². The second-order valence-corrected chi connectivity index (χ2v) is 9.78. The Bertz CT molecular complexity index is 1420. The van der Waals surface area contributed by atoms with Gasteiger partial charge in [0.05, 0.1) is 23.7 Å². The topological polar surface area (TPSA) is 141 Å². The predicted molar refractivity (Wildman–Crippen MR) is 153 cm³/mol. The third-order valence-electron chi connectivity index (χ3n) is 6.70. The number of aliphatic carboxylic acids is 2. The number of amides is 2. The molecule has 228 valence electrons. The van der Waals surface area contributed by atoms with E-state index in [0.717, 1.165) is 31.2 Å². The molecule has 0 aliphatic carbocycles. The van der Waals surface area contributed by atoms with Gasteiger partial charge in [0.2, 0.25) is 0 Å². The first kappa shape index (κ1) is 32.8. The molecule has 0 saturated carbocycles. The average molecular weight is 600 g/mol. The van der Waals surface area contributed by atoms with Gasteiger partial charge < -0.3 is 20.8 Å². The van der Waals surface area contributed by atoms with Crippen LogP contribution in [0.1, 0.15) is 53.2 Å². The van der Waals surface area contributed by atoms with Crippen LogP contribution in [0.5, 0.6) is 0 Å². The number of carbonyl (C=O) groups excluding carboxylic acids is 2. The van der Waals surface area contributed by atoms with Crippen LogP contribution in [-0.4, -0.2) is 58.1 Å². The van der Waals surface area contributed by atoms with Gasteiger partial charge in [0.25, 0.3) is 11.8 Å². The highest BCUT2D eigenvalue weighted by Crippen LogP contribution is 2.36. The van der Waals surface area contributed by atoms with Crippen molar-refractivity contribution in [3.63, 3.8) is 0 Å². The number of carboxylic acids is 2. The van der Waals surface area contributed by atoms with Crippen LogP contribution in [0.4, 0.5) is 24.5 Å². The average Bonchev–Trinajstić information content (AvgIpc) is 3.08. The van der Waals surface area contributed by atoms with Crippen molar-refractivity contribution in [1.82, 2.24) is 4.90 Å². The lowest BCUT2D eigenvalue weighted by Gasteiger charge is -2.30. The van der Waals surface area contributed by atoms with E-state index in [-0.39, 0.29) is 24.8 Å². The lowest BCUT2D eigenvalue weighted by molar-refractivity contribution is -0.192. The van der Waals surface area contributed by atoms with Crippen molar-refractivity contribution in [1.29, 1.82) is 0 Å². The third kappa shape index (κ3) is 8.89. The molecule has 0 aromatic heterocycles. The quantitative estimate of drug-likeness (QED) is 0.268. The van der Waals surface area contributed by atoms with E-state index in [1.807, 2.05) is 54.6 Å². The number of nitrogens with two attached hydrogens (primary N) is 1. The van der Waals surface area contributed by atoms with E-state index in [2.05, 4.69) is 0 Å². The zero-order valence-corrected chi connectivity index (χ0v) is 23.2. The van der Waals surface area contributed by atoms with E-state index in [4.69, 9.17) is 15.6 Å². The number of anilines is 2. The molecule has 1 aliphatic rings. The number of unbranched alkanes of at least 4 members (excludes halogenated alkanes) is 2. The fourth-order valence-electron chi connectivity index (χ4n) is 4.69. The second-order valence-electron chi connectivity index (χ2n) is 9.78. The summed E-state index contributed by atoms with van der Waals surface area (Å²) < 4.78 is 31.7. The number of aryl methyl sites for hydroxylation is 1. The van der Waals surface area contributed by atoms with Gasteiger partial charge in [0, 0.05) is 5.69 Å². The molecule has 4 rings (SSSR count). The van der Waals surface area contributed by atoms with Crippen LogP contribution in [0.25, 0.3) is 0 Å². The second kappa shape index (κ2) is 15.0. The minimum Gasteiger partial charge on any atom is -0.481 e. The van der Waals surface area contributed by atoms with Crippen molar-refractivity contribution in [2.24, 2.45) is 5.73 Å². The zero-order valence-electron chi connectivity index (χ0n) is 23.2. The Labute approximate surface area is 246 Å². The fraction of sp³-hybridized carbons (Fsp3) is 0.290. The molecule has 2 amide bonds. The number of hydrogen-bond donors (Lipinski definition) is 3. The molecule has 1 unspecified atom stereocenters. The highest BCUT2D eigenvalue weighted by molar-refractivity contribution is 6.13. The van der Waals surface area contributed by atoms with Crippen molar-refractivity contribution in [2.75, 3.05) is 18.0 Å². The van der Waals surface area contributed by atoms with Gasteiger partial charge in [-0.1, -0.05) is 61.0 Å². The van der Waals surface area contributed by atoms with E-state index in [0.29, 0.717) is 29.0 Å². The molecule has 0 bridgehead atoms. The molecule has 9 nitrogen and oxygen atoms in total. The number of benzene rings is 3. The lowest BCUT2D eigenvalue weighted by atomic mass is 9.99. The number of alkyl halides is 3. The van der Waals surface area contributed by atoms with Gasteiger partial charge in [-0.3, -0.25) is 19.3 Å². The number of hydrogen-bond acceptors (Lipinski definition) is 5. The highest BCUT2D eigenvalue weighted by Gasteiger charge is 2.39. The molecule has 1 heterocycles. The zero-order chi connectivity index (χ0) is 31.6. The Kier molecular flexibility index (Phi) is 11.4. The van der Waals surface area contributed by atoms with Gasteiger partial charge in [-0.05, 0) is 61.2 Å². The van der Waals surface area contributed by atoms with Crippen LogP contribution < -0.4 is 10.6 Å². The van der Waals surface area contributed by atoms with E-state index < -0.39 is 24.2 Å². The summed E-state index contributed by atoms with van der Waals surface area (Å²) in [6, 6.07) is 23.1. The predicted octanol–water partition coefficient (Wildman–Crippen LogP) is 5.33. The molecule has 3 aromatic carbocycles. The molecule has 0 saturated heterocycles. The number of fused-ring (bicyclic) bond motifs is 1. The number of rotatable bonds is 10.